The lowest BCUT2D eigenvalue weighted by Crippen LogP contribution is -2.69. The van der Waals surface area contributed by atoms with Crippen LogP contribution in [0.15, 0.2) is 23.8 Å². The molecule has 0 aromatic carbocycles. The third-order valence-electron chi connectivity index (χ3n) is 9.20. The van der Waals surface area contributed by atoms with Crippen LogP contribution >= 0.6 is 0 Å². The molecule has 4 fully saturated rings. The number of carbonyl (C=O) groups excluding carboxylic acids is 2. The third kappa shape index (κ3) is 2.59. The maximum atomic E-state index is 17.2. The summed E-state index contributed by atoms with van der Waals surface area (Å²) in [5, 5.41) is 20.4. The summed E-state index contributed by atoms with van der Waals surface area (Å²) in [6.45, 7) is 6.60. The van der Waals surface area contributed by atoms with Crippen molar-refractivity contribution in [1.82, 2.24) is 0 Å². The molecule has 1 N–H and O–H groups in total. The fourth-order valence-electron chi connectivity index (χ4n) is 7.87. The first-order valence-corrected chi connectivity index (χ1v) is 11.6. The number of ether oxygens (including phenoxy) is 3. The molecule has 0 spiro atoms. The van der Waals surface area contributed by atoms with Crippen LogP contribution < -0.4 is 0 Å². The van der Waals surface area contributed by atoms with E-state index in [-0.39, 0.29) is 18.1 Å². The smallest absolute Gasteiger partial charge is 0.342 e. The van der Waals surface area contributed by atoms with E-state index in [0.717, 1.165) is 0 Å². The molecule has 5 aliphatic rings. The van der Waals surface area contributed by atoms with E-state index < -0.39 is 58.6 Å². The van der Waals surface area contributed by atoms with Gasteiger partial charge in [-0.05, 0) is 64.5 Å². The predicted molar refractivity (Wildman–Crippen MR) is 113 cm³/mol. The number of aliphatic hydroxyl groups excluding tert-OH is 1. The number of alkyl halides is 1. The number of nitrogens with zero attached hydrogens (tertiary/aromatic N) is 1. The van der Waals surface area contributed by atoms with Crippen molar-refractivity contribution in [2.75, 3.05) is 6.61 Å². The molecule has 1 saturated heterocycles. The molecular formula is C25H30FNO6. The van der Waals surface area contributed by atoms with Crippen molar-refractivity contribution >= 4 is 11.8 Å². The number of allylic oxidation sites excluding steroid dienone is 4. The molecular weight excluding hydrogens is 429 g/mol. The molecule has 0 aromatic rings. The Labute approximate surface area is 192 Å². The fraction of sp³-hybridized carbons (Fsp3) is 0.720. The van der Waals surface area contributed by atoms with Gasteiger partial charge in [0.05, 0.1) is 6.10 Å². The normalized spacial score (nSPS) is 49.2. The number of hydrogen-bond donors (Lipinski definition) is 1. The topological polar surface area (TPSA) is 106 Å². The Hall–Kier alpha value is -2.08. The van der Waals surface area contributed by atoms with Crippen LogP contribution in [0.2, 0.25) is 0 Å². The number of esters is 1. The third-order valence-corrected chi connectivity index (χ3v) is 9.20. The molecule has 4 aliphatic carbocycles. The number of hydrogen-bond acceptors (Lipinski definition) is 7. The molecule has 3 saturated carbocycles. The van der Waals surface area contributed by atoms with Gasteiger partial charge in [-0.1, -0.05) is 18.6 Å². The first-order chi connectivity index (χ1) is 15.4. The van der Waals surface area contributed by atoms with E-state index in [1.165, 1.54) is 12.2 Å². The van der Waals surface area contributed by atoms with Gasteiger partial charge in [-0.15, -0.1) is 0 Å². The van der Waals surface area contributed by atoms with Crippen molar-refractivity contribution in [3.63, 3.8) is 0 Å². The Balaban J connectivity index is 1.61. The van der Waals surface area contributed by atoms with Crippen molar-refractivity contribution in [1.29, 1.82) is 5.26 Å². The Morgan fingerprint density at radius 3 is 2.76 bits per heavy atom. The van der Waals surface area contributed by atoms with Crippen LogP contribution in [0, 0.1) is 34.0 Å². The van der Waals surface area contributed by atoms with Crippen molar-refractivity contribution in [3.05, 3.63) is 23.8 Å². The van der Waals surface area contributed by atoms with Gasteiger partial charge >= 0.3 is 5.97 Å². The Morgan fingerprint density at radius 2 is 2.06 bits per heavy atom. The molecule has 0 amide bonds. The lowest BCUT2D eigenvalue weighted by atomic mass is 9.45. The fourth-order valence-corrected chi connectivity index (χ4v) is 7.87. The van der Waals surface area contributed by atoms with E-state index in [4.69, 9.17) is 19.5 Å². The van der Waals surface area contributed by atoms with Crippen molar-refractivity contribution < 1.29 is 33.3 Å². The molecule has 2 unspecified atom stereocenters. The first kappa shape index (κ1) is 22.7. The summed E-state index contributed by atoms with van der Waals surface area (Å²) in [7, 11) is 0. The number of ketones is 1. The number of nitriles is 1. The standard InChI is InChI=1S/C25H30FNO6/c1-21(2)32-19-12-17-16-6-5-14-11-15(28)7-8-22(14,3)24(16,26)18(29)13-23(17,4)25(19,33-21)20(30)31-10-9-27/h7-8,11,16-19,29H,5-6,10,12-13H2,1-4H3/t16?,17?,18-,19+,22-,23-,24-,25-/m0/s1. The van der Waals surface area contributed by atoms with Gasteiger partial charge in [0.25, 0.3) is 0 Å². The Bertz CT molecular complexity index is 1030. The van der Waals surface area contributed by atoms with Crippen LogP contribution in [-0.2, 0) is 23.8 Å². The van der Waals surface area contributed by atoms with E-state index in [9.17, 15) is 14.7 Å². The lowest BCUT2D eigenvalue weighted by molar-refractivity contribution is -0.252. The second kappa shape index (κ2) is 6.74. The number of aliphatic hydroxyl groups is 1. The van der Waals surface area contributed by atoms with Gasteiger partial charge in [0.15, 0.2) is 29.4 Å². The maximum absolute atomic E-state index is 17.2. The zero-order valence-electron chi connectivity index (χ0n) is 19.4. The van der Waals surface area contributed by atoms with E-state index in [0.29, 0.717) is 24.8 Å². The molecule has 0 aromatic heterocycles. The van der Waals surface area contributed by atoms with E-state index >= 15 is 4.39 Å². The quantitative estimate of drug-likeness (QED) is 0.633. The van der Waals surface area contributed by atoms with E-state index in [2.05, 4.69) is 0 Å². The van der Waals surface area contributed by atoms with Crippen molar-refractivity contribution in [2.24, 2.45) is 22.7 Å². The average Bonchev–Trinajstić information content (AvgIpc) is 3.14. The first-order valence-electron chi connectivity index (χ1n) is 11.6. The summed E-state index contributed by atoms with van der Waals surface area (Å²) in [5.41, 5.74) is -4.94. The largest absolute Gasteiger partial charge is 0.448 e. The molecule has 178 valence electrons. The number of halogens is 1. The highest BCUT2D eigenvalue weighted by Gasteiger charge is 2.81. The van der Waals surface area contributed by atoms with Crippen LogP contribution in [0.3, 0.4) is 0 Å². The van der Waals surface area contributed by atoms with Crippen LogP contribution in [0.25, 0.3) is 0 Å². The van der Waals surface area contributed by atoms with Gasteiger partial charge in [0, 0.05) is 16.7 Å². The van der Waals surface area contributed by atoms with Crippen LogP contribution in [-0.4, -0.2) is 52.7 Å². The van der Waals surface area contributed by atoms with Crippen LogP contribution in [0.1, 0.15) is 53.4 Å². The minimum Gasteiger partial charge on any atom is -0.448 e. The second-order valence-electron chi connectivity index (χ2n) is 11.1. The Morgan fingerprint density at radius 1 is 1.33 bits per heavy atom. The van der Waals surface area contributed by atoms with Crippen LogP contribution in [0.4, 0.5) is 4.39 Å². The minimum absolute atomic E-state index is 0.0348. The summed E-state index contributed by atoms with van der Waals surface area (Å²) in [4.78, 5) is 25.4. The Kier molecular flexibility index (Phi) is 4.64. The average molecular weight is 460 g/mol. The van der Waals surface area contributed by atoms with E-state index in [1.807, 2.05) is 13.0 Å². The molecule has 8 atom stereocenters. The van der Waals surface area contributed by atoms with E-state index in [1.54, 1.807) is 26.8 Å². The maximum Gasteiger partial charge on any atom is 0.342 e. The molecule has 1 aliphatic heterocycles. The number of rotatable bonds is 2. The second-order valence-corrected chi connectivity index (χ2v) is 11.1. The molecule has 0 bridgehead atoms. The minimum atomic E-state index is -2.01. The van der Waals surface area contributed by atoms with Gasteiger partial charge in [0.2, 0.25) is 0 Å². The van der Waals surface area contributed by atoms with Gasteiger partial charge < -0.3 is 19.3 Å². The molecule has 7 nitrogen and oxygen atoms in total. The molecule has 1 heterocycles. The van der Waals surface area contributed by atoms with Crippen LogP contribution in [0.5, 0.6) is 0 Å². The van der Waals surface area contributed by atoms with Crippen molar-refractivity contribution in [3.8, 4) is 6.07 Å². The highest BCUT2D eigenvalue weighted by Crippen LogP contribution is 2.72. The SMILES string of the molecule is CC1(C)O[C@@H]2CC3C4CCC5=CC(=O)C=C[C@]5(C)[C@@]4(F)[C@@H](O)C[C@]3(C)[C@]2(C(=O)OCC#N)O1. The van der Waals surface area contributed by atoms with Gasteiger partial charge in [0.1, 0.15) is 12.2 Å². The molecule has 8 heteroatoms. The zero-order chi connectivity index (χ0) is 24.0. The molecule has 33 heavy (non-hydrogen) atoms. The van der Waals surface area contributed by atoms with Crippen molar-refractivity contribution in [2.45, 2.75) is 82.6 Å². The molecule has 5 rings (SSSR count). The highest BCUT2D eigenvalue weighted by atomic mass is 19.1. The summed E-state index contributed by atoms with van der Waals surface area (Å²) in [6.07, 6.45) is 3.71. The van der Waals surface area contributed by atoms with Gasteiger partial charge in [-0.25, -0.2) is 9.18 Å². The highest BCUT2D eigenvalue weighted by molar-refractivity contribution is 6.01. The summed E-state index contributed by atoms with van der Waals surface area (Å²) in [5.74, 6) is -2.84. The lowest BCUT2D eigenvalue weighted by Gasteiger charge is -2.62. The van der Waals surface area contributed by atoms with Gasteiger partial charge in [-0.2, -0.15) is 5.26 Å². The monoisotopic (exact) mass is 459 g/mol. The summed E-state index contributed by atoms with van der Waals surface area (Å²) < 4.78 is 34.9. The zero-order valence-corrected chi connectivity index (χ0v) is 19.4. The number of carbonyl (C=O) groups is 2. The summed E-state index contributed by atoms with van der Waals surface area (Å²) >= 11 is 0. The number of fused-ring (bicyclic) bond motifs is 7. The van der Waals surface area contributed by atoms with Gasteiger partial charge in [-0.3, -0.25) is 4.79 Å². The predicted octanol–water partition coefficient (Wildman–Crippen LogP) is 2.92. The molecule has 0 radical (unpaired) electrons. The summed E-state index contributed by atoms with van der Waals surface area (Å²) in [6, 6.07) is 1.81.